The molecule has 20 heteroatoms. The van der Waals surface area contributed by atoms with Gasteiger partial charge in [0.05, 0.1) is 46.4 Å². The van der Waals surface area contributed by atoms with Gasteiger partial charge in [-0.05, 0) is 38.8 Å². The maximum absolute atomic E-state index is 15.2. The number of aromatic carboxylic acids is 1. The first-order chi connectivity index (χ1) is 24.8. The third kappa shape index (κ3) is 5.82. The standard InChI is InChI=1S/C20H20F3N3O4.C13H8BF4NO4/c1-9-7-30-17-14-10(16(27)11(18(28)29)5-26(9)14)4-12(21)15(17)25-6-13(19(24)2-3-19)20(22,23)8-25;1-5-4-22-12-9(16)8(15)2-6-10(12)19(5)3-7(11(6)20)13(21)23-14(17)18/h4-5,9,13H,2-3,6-8,24H2,1H3,(H,28,29);2-3,5H,4H2,1H3/t9-,13+;5-/m00/s1. The number of nitrogens with zero attached hydrogens (tertiary/aromatic N) is 3. The van der Waals surface area contributed by atoms with Gasteiger partial charge in [-0.1, -0.05) is 0 Å². The summed E-state index contributed by atoms with van der Waals surface area (Å²) in [5, 5.41) is 8.83. The average Bonchev–Trinajstić information content (AvgIpc) is 3.74. The fraction of sp³-hybridized carbons (Fsp3) is 0.394. The first kappa shape index (κ1) is 36.1. The third-order valence-corrected chi connectivity index (χ3v) is 10.1. The lowest BCUT2D eigenvalue weighted by Crippen LogP contribution is -2.43. The monoisotopic (exact) mass is 752 g/mol. The highest BCUT2D eigenvalue weighted by Crippen LogP contribution is 2.52. The maximum Gasteiger partial charge on any atom is 0.798 e. The zero-order chi connectivity index (χ0) is 38.5. The van der Waals surface area contributed by atoms with E-state index in [0.717, 1.165) is 12.3 Å². The van der Waals surface area contributed by atoms with Gasteiger partial charge in [-0.3, -0.25) is 9.59 Å². The van der Waals surface area contributed by atoms with E-state index in [1.54, 1.807) is 18.4 Å². The Kier molecular flexibility index (Phi) is 8.46. The van der Waals surface area contributed by atoms with Crippen LogP contribution in [0.1, 0.15) is 59.5 Å². The van der Waals surface area contributed by atoms with E-state index in [9.17, 15) is 50.5 Å². The lowest BCUT2D eigenvalue weighted by Gasteiger charge is -2.31. The van der Waals surface area contributed by atoms with E-state index in [1.165, 1.54) is 15.7 Å². The molecule has 0 radical (unpaired) electrons. The molecule has 4 aromatic rings. The van der Waals surface area contributed by atoms with Crippen LogP contribution >= 0.6 is 0 Å². The summed E-state index contributed by atoms with van der Waals surface area (Å²) in [5.74, 6) is -11.1. The minimum atomic E-state index is -3.40. The molecule has 0 spiro atoms. The van der Waals surface area contributed by atoms with Crippen LogP contribution in [0, 0.1) is 23.4 Å². The third-order valence-electron chi connectivity index (χ3n) is 10.1. The van der Waals surface area contributed by atoms with Gasteiger partial charge in [0.25, 0.3) is 5.92 Å². The van der Waals surface area contributed by atoms with Crippen molar-refractivity contribution in [2.24, 2.45) is 11.7 Å². The molecular formula is C33H28BF7N4O8. The van der Waals surface area contributed by atoms with E-state index in [4.69, 9.17) is 15.2 Å². The minimum Gasteiger partial charge on any atom is -0.487 e. The molecule has 53 heavy (non-hydrogen) atoms. The number of alkyl halides is 2. The van der Waals surface area contributed by atoms with Crippen molar-refractivity contribution in [1.82, 2.24) is 9.13 Å². The number of nitrogens with two attached hydrogens (primary N) is 1. The van der Waals surface area contributed by atoms with Gasteiger partial charge in [0.2, 0.25) is 16.7 Å². The summed E-state index contributed by atoms with van der Waals surface area (Å²) in [6.45, 7) is 2.59. The highest BCUT2D eigenvalue weighted by molar-refractivity contribution is 6.38. The molecule has 1 saturated carbocycles. The summed E-state index contributed by atoms with van der Waals surface area (Å²) in [4.78, 5) is 49.2. The maximum atomic E-state index is 15.2. The van der Waals surface area contributed by atoms with Gasteiger partial charge in [0.1, 0.15) is 30.0 Å². The van der Waals surface area contributed by atoms with Gasteiger partial charge in [0, 0.05) is 24.5 Å². The lowest BCUT2D eigenvalue weighted by molar-refractivity contribution is -0.0332. The van der Waals surface area contributed by atoms with Crippen molar-refractivity contribution in [2.75, 3.05) is 31.2 Å². The van der Waals surface area contributed by atoms with Crippen LogP contribution in [0.15, 0.2) is 34.1 Å². The van der Waals surface area contributed by atoms with Crippen LogP contribution in [-0.4, -0.2) is 71.4 Å². The SMILES string of the molecule is C[C@H]1COc2c(F)c(F)cc3c(=O)c(C(=O)OB(F)F)cn1c23.C[C@H]1COc2c(N3C[C@H](C4(N)CC4)C(F)(F)C3)c(F)cc3c(=O)c(C(=O)O)cn1c23. The topological polar surface area (TPSA) is 155 Å². The molecule has 3 atom stereocenters. The number of pyridine rings is 2. The van der Waals surface area contributed by atoms with Crippen molar-refractivity contribution in [3.8, 4) is 11.5 Å². The quantitative estimate of drug-likeness (QED) is 0.217. The number of halogens is 7. The molecule has 280 valence electrons. The Morgan fingerprint density at radius 3 is 2.00 bits per heavy atom. The minimum absolute atomic E-state index is 0.0181. The number of carboxylic acids is 1. The smallest absolute Gasteiger partial charge is 0.487 e. The van der Waals surface area contributed by atoms with E-state index in [-0.39, 0.29) is 59.0 Å². The number of carbonyl (C=O) groups is 2. The van der Waals surface area contributed by atoms with Gasteiger partial charge in [-0.15, -0.1) is 0 Å². The number of carboxylic acid groups (broad SMARTS) is 1. The Hall–Kier alpha value is -5.27. The number of anilines is 1. The Morgan fingerprint density at radius 2 is 1.43 bits per heavy atom. The molecule has 0 bridgehead atoms. The lowest BCUT2D eigenvalue weighted by atomic mass is 9.94. The molecule has 1 saturated heterocycles. The van der Waals surface area contributed by atoms with Crippen LogP contribution in [0.3, 0.4) is 0 Å². The summed E-state index contributed by atoms with van der Waals surface area (Å²) in [5.41, 5.74) is 2.07. The van der Waals surface area contributed by atoms with Crippen molar-refractivity contribution < 1.29 is 59.4 Å². The van der Waals surface area contributed by atoms with Crippen LogP contribution in [0.5, 0.6) is 11.5 Å². The highest BCUT2D eigenvalue weighted by Gasteiger charge is 2.61. The molecule has 8 rings (SSSR count). The van der Waals surface area contributed by atoms with Gasteiger partial charge < -0.3 is 39.0 Å². The van der Waals surface area contributed by atoms with Gasteiger partial charge in [-0.2, -0.15) is 4.39 Å². The molecule has 3 aliphatic heterocycles. The number of hydrogen-bond donors (Lipinski definition) is 2. The van der Waals surface area contributed by atoms with E-state index in [2.05, 4.69) is 4.65 Å². The molecule has 3 N–H and O–H groups in total. The molecule has 2 aromatic heterocycles. The Balaban J connectivity index is 0.000000170. The first-order valence-electron chi connectivity index (χ1n) is 16.2. The average molecular weight is 752 g/mol. The molecule has 2 aromatic carbocycles. The Labute approximate surface area is 293 Å². The molecular weight excluding hydrogens is 724 g/mol. The van der Waals surface area contributed by atoms with E-state index < -0.39 is 94.6 Å². The number of ether oxygens (including phenoxy) is 2. The van der Waals surface area contributed by atoms with Crippen molar-refractivity contribution in [1.29, 1.82) is 0 Å². The first-order valence-corrected chi connectivity index (χ1v) is 16.2. The van der Waals surface area contributed by atoms with Crippen LogP contribution < -0.4 is 31.0 Å². The number of hydrogen-bond acceptors (Lipinski definition) is 9. The summed E-state index contributed by atoms with van der Waals surface area (Å²) in [6.07, 6.45) is 3.19. The predicted octanol–water partition coefficient (Wildman–Crippen LogP) is 4.67. The van der Waals surface area contributed by atoms with Gasteiger partial charge >= 0.3 is 19.4 Å². The molecule has 4 aliphatic rings. The van der Waals surface area contributed by atoms with Gasteiger partial charge in [0.15, 0.2) is 23.1 Å². The van der Waals surface area contributed by atoms with Crippen LogP contribution in [0.25, 0.3) is 21.8 Å². The molecule has 12 nitrogen and oxygen atoms in total. The summed E-state index contributed by atoms with van der Waals surface area (Å²) >= 11 is 0. The number of carbonyl (C=O) groups excluding carboxylic acids is 1. The summed E-state index contributed by atoms with van der Waals surface area (Å²) < 4.78 is 114. The van der Waals surface area contributed by atoms with Crippen molar-refractivity contribution in [2.45, 2.75) is 50.2 Å². The normalized spacial score (nSPS) is 21.7. The summed E-state index contributed by atoms with van der Waals surface area (Å²) in [6, 6.07) is 0.756. The van der Waals surface area contributed by atoms with Gasteiger partial charge in [-0.25, -0.2) is 35.8 Å². The second-order valence-electron chi connectivity index (χ2n) is 13.6. The number of rotatable bonds is 5. The second-order valence-corrected chi connectivity index (χ2v) is 13.6. The van der Waals surface area contributed by atoms with Crippen molar-refractivity contribution >= 4 is 46.9 Å². The van der Waals surface area contributed by atoms with Crippen LogP contribution in [0.2, 0.25) is 0 Å². The van der Waals surface area contributed by atoms with Crippen molar-refractivity contribution in [3.63, 3.8) is 0 Å². The molecule has 1 aliphatic carbocycles. The zero-order valence-electron chi connectivity index (χ0n) is 27.7. The molecule has 0 amide bonds. The number of benzene rings is 2. The molecule has 0 unspecified atom stereocenters. The highest BCUT2D eigenvalue weighted by atomic mass is 19.3. The molecule has 5 heterocycles. The molecule has 2 fully saturated rings. The van der Waals surface area contributed by atoms with E-state index in [1.807, 2.05) is 0 Å². The largest absolute Gasteiger partial charge is 0.798 e. The van der Waals surface area contributed by atoms with E-state index >= 15 is 4.39 Å². The Morgan fingerprint density at radius 1 is 0.906 bits per heavy atom. The fourth-order valence-corrected chi connectivity index (χ4v) is 7.19. The van der Waals surface area contributed by atoms with Crippen LogP contribution in [0.4, 0.5) is 36.3 Å². The summed E-state index contributed by atoms with van der Waals surface area (Å²) in [7, 11) is -3.40. The zero-order valence-corrected chi connectivity index (χ0v) is 27.7. The Bertz CT molecular complexity index is 2370. The fourth-order valence-electron chi connectivity index (χ4n) is 7.19. The predicted molar refractivity (Wildman–Crippen MR) is 174 cm³/mol. The van der Waals surface area contributed by atoms with Crippen LogP contribution in [-0.2, 0) is 4.65 Å². The number of aromatic nitrogens is 2. The van der Waals surface area contributed by atoms with E-state index in [0.29, 0.717) is 18.9 Å². The second kappa shape index (κ2) is 12.4. The van der Waals surface area contributed by atoms with Crippen molar-refractivity contribution in [3.05, 3.63) is 73.6 Å².